The van der Waals surface area contributed by atoms with Crippen LogP contribution in [0.5, 0.6) is 0 Å². The maximum Gasteiger partial charge on any atom is 0.191 e. The third-order valence-corrected chi connectivity index (χ3v) is 4.44. The summed E-state index contributed by atoms with van der Waals surface area (Å²) in [4.78, 5) is 7.06. The summed E-state index contributed by atoms with van der Waals surface area (Å²) >= 11 is 0. The van der Waals surface area contributed by atoms with Gasteiger partial charge in [0.05, 0.1) is 12.8 Å². The number of hydrogen-bond donors (Lipinski definition) is 2. The Bertz CT molecular complexity index is 754. The number of anilines is 1. The van der Waals surface area contributed by atoms with Crippen LogP contribution in [0.3, 0.4) is 0 Å². The van der Waals surface area contributed by atoms with Gasteiger partial charge in [-0.15, -0.1) is 24.0 Å². The second-order valence-electron chi connectivity index (χ2n) is 6.65. The lowest BCUT2D eigenvalue weighted by Crippen LogP contribution is -2.38. The molecule has 1 aromatic carbocycles. The molecule has 158 valence electrons. The number of nitrogens with one attached hydrogen (secondary N) is 2. The number of ether oxygens (including phenoxy) is 1. The zero-order valence-electron chi connectivity index (χ0n) is 17.0. The molecule has 29 heavy (non-hydrogen) atoms. The molecule has 0 unspecified atom stereocenters. The molecule has 2 aromatic rings. The quantitative estimate of drug-likeness (QED) is 0.167. The highest BCUT2D eigenvalue weighted by Gasteiger charge is 2.07. The Hall–Kier alpha value is -2.00. The van der Waals surface area contributed by atoms with Gasteiger partial charge < -0.3 is 24.7 Å². The van der Waals surface area contributed by atoms with Crippen molar-refractivity contribution in [1.29, 1.82) is 0 Å². The molecule has 1 aliphatic rings. The summed E-state index contributed by atoms with van der Waals surface area (Å²) in [7, 11) is 0. The van der Waals surface area contributed by atoms with Crippen LogP contribution in [0.15, 0.2) is 64.2 Å². The Kier molecular flexibility index (Phi) is 10.6. The van der Waals surface area contributed by atoms with Gasteiger partial charge in [0.1, 0.15) is 12.4 Å². The fourth-order valence-electron chi connectivity index (χ4n) is 3.00. The molecule has 0 bridgehead atoms. The highest BCUT2D eigenvalue weighted by atomic mass is 127. The molecular weight excluding hydrogens is 479 g/mol. The lowest BCUT2D eigenvalue weighted by molar-refractivity contribution is 0.105. The van der Waals surface area contributed by atoms with Gasteiger partial charge in [0.25, 0.3) is 0 Å². The van der Waals surface area contributed by atoms with Crippen molar-refractivity contribution in [3.8, 4) is 0 Å². The second-order valence-corrected chi connectivity index (χ2v) is 6.65. The minimum atomic E-state index is 0. The topological polar surface area (TPSA) is 62.0 Å². The van der Waals surface area contributed by atoms with Gasteiger partial charge in [-0.25, -0.2) is 4.99 Å². The minimum absolute atomic E-state index is 0. The first-order valence-corrected chi connectivity index (χ1v) is 9.96. The van der Waals surface area contributed by atoms with Crippen LogP contribution < -0.4 is 15.5 Å². The summed E-state index contributed by atoms with van der Waals surface area (Å²) in [6.07, 6.45) is 6.98. The van der Waals surface area contributed by atoms with E-state index in [1.54, 1.807) is 6.26 Å². The van der Waals surface area contributed by atoms with E-state index in [1.807, 2.05) is 12.1 Å². The van der Waals surface area contributed by atoms with Gasteiger partial charge in [-0.05, 0) is 43.2 Å². The van der Waals surface area contributed by atoms with Gasteiger partial charge in [0.15, 0.2) is 5.96 Å². The molecule has 0 radical (unpaired) electrons. The van der Waals surface area contributed by atoms with Gasteiger partial charge in [0.2, 0.25) is 0 Å². The Labute approximate surface area is 190 Å². The molecule has 7 heteroatoms. The number of nitrogens with zero attached hydrogens (tertiary/aromatic N) is 2. The molecule has 0 spiro atoms. The van der Waals surface area contributed by atoms with Crippen LogP contribution in [0, 0.1) is 0 Å². The van der Waals surface area contributed by atoms with Crippen molar-refractivity contribution in [3.05, 3.63) is 66.1 Å². The van der Waals surface area contributed by atoms with Crippen LogP contribution in [0.1, 0.15) is 24.7 Å². The van der Waals surface area contributed by atoms with E-state index in [4.69, 9.17) is 14.1 Å². The van der Waals surface area contributed by atoms with Gasteiger partial charge in [-0.3, -0.25) is 0 Å². The Morgan fingerprint density at radius 2 is 2.03 bits per heavy atom. The van der Waals surface area contributed by atoms with Crippen LogP contribution in [0.2, 0.25) is 0 Å². The molecule has 6 nitrogen and oxygen atoms in total. The first kappa shape index (κ1) is 23.3. The second kappa shape index (κ2) is 13.3. The third-order valence-electron chi connectivity index (χ3n) is 4.44. The number of benzene rings is 1. The number of rotatable bonds is 10. The van der Waals surface area contributed by atoms with Crippen molar-refractivity contribution >= 4 is 35.6 Å². The highest BCUT2D eigenvalue weighted by Crippen LogP contribution is 2.18. The summed E-state index contributed by atoms with van der Waals surface area (Å²) < 4.78 is 10.9. The molecule has 1 aliphatic heterocycles. The smallest absolute Gasteiger partial charge is 0.191 e. The molecule has 0 aliphatic carbocycles. The number of furan rings is 1. The minimum Gasteiger partial charge on any atom is -0.467 e. The molecule has 0 saturated carbocycles. The monoisotopic (exact) mass is 510 g/mol. The van der Waals surface area contributed by atoms with E-state index in [9.17, 15) is 0 Å². The Morgan fingerprint density at radius 3 is 2.79 bits per heavy atom. The van der Waals surface area contributed by atoms with Gasteiger partial charge in [0, 0.05) is 38.5 Å². The van der Waals surface area contributed by atoms with Gasteiger partial charge in [-0.2, -0.15) is 0 Å². The number of guanidine groups is 1. The van der Waals surface area contributed by atoms with Gasteiger partial charge in [-0.1, -0.05) is 24.3 Å². The average molecular weight is 510 g/mol. The lowest BCUT2D eigenvalue weighted by Gasteiger charge is -2.18. The summed E-state index contributed by atoms with van der Waals surface area (Å²) in [6, 6.07) is 12.4. The van der Waals surface area contributed by atoms with Gasteiger partial charge >= 0.3 is 0 Å². The molecule has 1 aromatic heterocycles. The number of halogens is 1. The predicted octanol–water partition coefficient (Wildman–Crippen LogP) is 3.94. The molecule has 3 rings (SSSR count). The summed E-state index contributed by atoms with van der Waals surface area (Å²) in [6.45, 7) is 7.54. The molecule has 0 atom stereocenters. The van der Waals surface area contributed by atoms with Crippen LogP contribution >= 0.6 is 24.0 Å². The Balaban J connectivity index is 0.00000300. The normalized spacial score (nSPS) is 13.4. The first-order chi connectivity index (χ1) is 13.8. The zero-order chi connectivity index (χ0) is 19.4. The van der Waals surface area contributed by atoms with E-state index >= 15 is 0 Å². The fraction of sp³-hybridized carbons (Fsp3) is 0.409. The van der Waals surface area contributed by atoms with Crippen LogP contribution in [-0.4, -0.2) is 38.7 Å². The van der Waals surface area contributed by atoms with Crippen molar-refractivity contribution in [1.82, 2.24) is 10.6 Å². The van der Waals surface area contributed by atoms with Crippen LogP contribution in [-0.2, 0) is 17.9 Å². The summed E-state index contributed by atoms with van der Waals surface area (Å²) in [5.74, 6) is 1.69. The standard InChI is InChI=1S/C22H30N4O2.HI/c1-2-23-22(24-11-7-14-27-18-21-10-6-15-28-21)25-17-19-8-5-9-20(16-19)26-12-3-4-13-26;/h3-6,8-10,15-16H,2,7,11-14,17-18H2,1H3,(H2,23,24,25);1H. The maximum atomic E-state index is 5.61. The fourth-order valence-corrected chi connectivity index (χ4v) is 3.00. The van der Waals surface area contributed by atoms with Crippen LogP contribution in [0.4, 0.5) is 5.69 Å². The molecule has 2 N–H and O–H groups in total. The first-order valence-electron chi connectivity index (χ1n) is 9.96. The van der Waals surface area contributed by atoms with Crippen LogP contribution in [0.25, 0.3) is 0 Å². The maximum absolute atomic E-state index is 5.61. The molecule has 2 heterocycles. The third kappa shape index (κ3) is 8.10. The van der Waals surface area contributed by atoms with Crippen molar-refractivity contribution in [2.24, 2.45) is 4.99 Å². The molecule has 0 fully saturated rings. The molecule has 0 saturated heterocycles. The Morgan fingerprint density at radius 1 is 1.17 bits per heavy atom. The van der Waals surface area contributed by atoms with E-state index in [-0.39, 0.29) is 24.0 Å². The molecule has 0 amide bonds. The summed E-state index contributed by atoms with van der Waals surface area (Å²) in [5.41, 5.74) is 2.47. The number of hydrogen-bond acceptors (Lipinski definition) is 4. The van der Waals surface area contributed by atoms with E-state index in [0.717, 1.165) is 44.3 Å². The van der Waals surface area contributed by atoms with Crippen molar-refractivity contribution < 1.29 is 9.15 Å². The van der Waals surface area contributed by atoms with E-state index in [2.05, 4.69) is 58.9 Å². The SMILES string of the molecule is CCNC(=NCc1cccc(N2CC=CC2)c1)NCCCOCc1ccco1.I. The number of aliphatic imine (C=N–C) groups is 1. The van der Waals surface area contributed by atoms with Crippen molar-refractivity contribution in [3.63, 3.8) is 0 Å². The predicted molar refractivity (Wildman–Crippen MR) is 129 cm³/mol. The lowest BCUT2D eigenvalue weighted by atomic mass is 10.2. The summed E-state index contributed by atoms with van der Waals surface area (Å²) in [5, 5.41) is 6.67. The zero-order valence-corrected chi connectivity index (χ0v) is 19.3. The highest BCUT2D eigenvalue weighted by molar-refractivity contribution is 14.0. The average Bonchev–Trinajstić information content (AvgIpc) is 3.43. The van der Waals surface area contributed by atoms with E-state index < -0.39 is 0 Å². The van der Waals surface area contributed by atoms with Crippen molar-refractivity contribution in [2.45, 2.75) is 26.5 Å². The molecular formula is C22H31IN4O2. The largest absolute Gasteiger partial charge is 0.467 e. The van der Waals surface area contributed by atoms with E-state index in [1.165, 1.54) is 11.3 Å². The van der Waals surface area contributed by atoms with Crippen molar-refractivity contribution in [2.75, 3.05) is 37.7 Å². The van der Waals surface area contributed by atoms with E-state index in [0.29, 0.717) is 19.8 Å².